The van der Waals surface area contributed by atoms with Gasteiger partial charge in [-0.05, 0) is 43.7 Å². The molecule has 1 heterocycles. The van der Waals surface area contributed by atoms with Gasteiger partial charge in [-0.3, -0.25) is 5.10 Å². The Morgan fingerprint density at radius 1 is 1.47 bits per heavy atom. The van der Waals surface area contributed by atoms with Crippen molar-refractivity contribution in [2.24, 2.45) is 0 Å². The third-order valence-corrected chi connectivity index (χ3v) is 4.90. The van der Waals surface area contributed by atoms with Crippen molar-refractivity contribution in [3.63, 3.8) is 0 Å². The summed E-state index contributed by atoms with van der Waals surface area (Å²) in [5.74, 6) is 2.36. The van der Waals surface area contributed by atoms with E-state index in [1.165, 1.54) is 25.0 Å². The Morgan fingerprint density at radius 3 is 3.00 bits per heavy atom. The smallest absolute Gasteiger partial charge is 0.195 e. The third-order valence-electron chi connectivity index (χ3n) is 3.38. The maximum Gasteiger partial charge on any atom is 0.195 e. The lowest BCUT2D eigenvalue weighted by atomic mass is 10.2. The second-order valence-electron chi connectivity index (χ2n) is 4.61. The van der Waals surface area contributed by atoms with Gasteiger partial charge in [-0.1, -0.05) is 13.8 Å². The maximum atomic E-state index is 5.37. The second kappa shape index (κ2) is 6.05. The van der Waals surface area contributed by atoms with E-state index in [0.29, 0.717) is 6.04 Å². The molecule has 2 rings (SSSR count). The highest BCUT2D eigenvalue weighted by molar-refractivity contribution is 7.99. The van der Waals surface area contributed by atoms with Crippen LogP contribution in [0.25, 0.3) is 0 Å². The van der Waals surface area contributed by atoms with Crippen LogP contribution >= 0.6 is 24.0 Å². The Labute approximate surface area is 112 Å². The normalized spacial score (nSPS) is 24.4. The largest absolute Gasteiger partial charge is 0.301 e. The van der Waals surface area contributed by atoms with Crippen molar-refractivity contribution in [1.82, 2.24) is 14.8 Å². The van der Waals surface area contributed by atoms with E-state index in [0.717, 1.165) is 28.7 Å². The van der Waals surface area contributed by atoms with Gasteiger partial charge in [0.25, 0.3) is 0 Å². The Morgan fingerprint density at radius 2 is 2.29 bits per heavy atom. The number of aromatic nitrogens is 3. The first kappa shape index (κ1) is 13.1. The van der Waals surface area contributed by atoms with E-state index in [-0.39, 0.29) is 0 Å². The minimum absolute atomic E-state index is 0.576. The predicted molar refractivity (Wildman–Crippen MR) is 76.2 cm³/mol. The Balaban J connectivity index is 2.12. The molecule has 1 aromatic heterocycles. The van der Waals surface area contributed by atoms with Gasteiger partial charge in [0.1, 0.15) is 5.82 Å². The number of H-pyrrole nitrogens is 1. The van der Waals surface area contributed by atoms with Gasteiger partial charge in [0.15, 0.2) is 4.77 Å². The highest BCUT2D eigenvalue weighted by Gasteiger charge is 2.27. The number of hydrogen-bond acceptors (Lipinski definition) is 3. The summed E-state index contributed by atoms with van der Waals surface area (Å²) in [5, 5.41) is 8.13. The number of hydrogen-bond donors (Lipinski definition) is 1. The van der Waals surface area contributed by atoms with Crippen molar-refractivity contribution in [2.75, 3.05) is 5.75 Å². The van der Waals surface area contributed by atoms with Crippen LogP contribution in [0, 0.1) is 4.77 Å². The van der Waals surface area contributed by atoms with Gasteiger partial charge in [0.2, 0.25) is 0 Å². The van der Waals surface area contributed by atoms with Crippen LogP contribution in [0.2, 0.25) is 0 Å². The average molecular weight is 271 g/mol. The first-order chi connectivity index (χ1) is 8.26. The summed E-state index contributed by atoms with van der Waals surface area (Å²) in [5.41, 5.74) is 0. The molecule has 0 bridgehead atoms. The van der Waals surface area contributed by atoms with Gasteiger partial charge in [0.05, 0.1) is 0 Å². The lowest BCUT2D eigenvalue weighted by molar-refractivity contribution is 0.491. The highest BCUT2D eigenvalue weighted by Crippen LogP contribution is 2.37. The van der Waals surface area contributed by atoms with Gasteiger partial charge in [-0.15, -0.1) is 0 Å². The fourth-order valence-corrected chi connectivity index (χ4v) is 4.09. The van der Waals surface area contributed by atoms with E-state index in [1.807, 2.05) is 0 Å². The molecule has 2 unspecified atom stereocenters. The molecule has 1 saturated carbocycles. The first-order valence-corrected chi connectivity index (χ1v) is 7.99. The van der Waals surface area contributed by atoms with Gasteiger partial charge in [0, 0.05) is 17.7 Å². The van der Waals surface area contributed by atoms with E-state index in [1.54, 1.807) is 0 Å². The predicted octanol–water partition coefficient (Wildman–Crippen LogP) is 3.74. The second-order valence-corrected chi connectivity index (χ2v) is 6.57. The lowest BCUT2D eigenvalue weighted by Crippen LogP contribution is -2.10. The fraction of sp³-hybridized carbons (Fsp3) is 0.833. The molecule has 0 spiro atoms. The summed E-state index contributed by atoms with van der Waals surface area (Å²) in [6, 6.07) is 0.576. The molecular formula is C12H21N3S2. The molecule has 1 aliphatic rings. The van der Waals surface area contributed by atoms with Crippen LogP contribution in [-0.4, -0.2) is 25.8 Å². The van der Waals surface area contributed by atoms with E-state index in [9.17, 15) is 0 Å². The summed E-state index contributed by atoms with van der Waals surface area (Å²) in [6.45, 7) is 4.43. The summed E-state index contributed by atoms with van der Waals surface area (Å²) < 4.78 is 3.08. The van der Waals surface area contributed by atoms with E-state index in [4.69, 9.17) is 12.2 Å². The Kier molecular flexibility index (Phi) is 4.68. The summed E-state index contributed by atoms with van der Waals surface area (Å²) in [4.78, 5) is 0. The van der Waals surface area contributed by atoms with Gasteiger partial charge in [-0.2, -0.15) is 16.9 Å². The molecule has 96 valence electrons. The zero-order valence-corrected chi connectivity index (χ0v) is 12.2. The molecule has 1 N–H and O–H groups in total. The van der Waals surface area contributed by atoms with Crippen molar-refractivity contribution in [1.29, 1.82) is 0 Å². The van der Waals surface area contributed by atoms with Crippen LogP contribution in [0.3, 0.4) is 0 Å². The topological polar surface area (TPSA) is 33.6 Å². The van der Waals surface area contributed by atoms with Crippen molar-refractivity contribution in [3.05, 3.63) is 10.6 Å². The van der Waals surface area contributed by atoms with Gasteiger partial charge >= 0.3 is 0 Å². The molecular weight excluding hydrogens is 250 g/mol. The molecule has 1 fully saturated rings. The Bertz CT molecular complexity index is 410. The molecule has 0 amide bonds. The zero-order chi connectivity index (χ0) is 12.3. The molecule has 0 aromatic carbocycles. The van der Waals surface area contributed by atoms with Crippen LogP contribution in [-0.2, 0) is 6.42 Å². The fourth-order valence-electron chi connectivity index (χ4n) is 2.65. The minimum atomic E-state index is 0.576. The van der Waals surface area contributed by atoms with Crippen molar-refractivity contribution in [2.45, 2.75) is 57.2 Å². The number of aromatic amines is 1. The zero-order valence-electron chi connectivity index (χ0n) is 10.6. The molecule has 1 aliphatic carbocycles. The summed E-state index contributed by atoms with van der Waals surface area (Å²) in [6.07, 6.45) is 5.97. The lowest BCUT2D eigenvalue weighted by Gasteiger charge is -2.14. The number of thioether (sulfide) groups is 1. The van der Waals surface area contributed by atoms with Crippen LogP contribution < -0.4 is 0 Å². The molecule has 2 atom stereocenters. The molecule has 1 aromatic rings. The van der Waals surface area contributed by atoms with Crippen LogP contribution in [0.4, 0.5) is 0 Å². The van der Waals surface area contributed by atoms with E-state index < -0.39 is 0 Å². The molecule has 0 aliphatic heterocycles. The molecule has 17 heavy (non-hydrogen) atoms. The first-order valence-electron chi connectivity index (χ1n) is 6.53. The standard InChI is InChI=1S/C12H21N3S2/c1-3-5-11-13-14-12(16)15(11)9-6-7-10(8-9)17-4-2/h9-10H,3-8H2,1-2H3,(H,14,16). The minimum Gasteiger partial charge on any atom is -0.301 e. The quantitative estimate of drug-likeness (QED) is 0.828. The SMILES string of the molecule is CCCc1n[nH]c(=S)n1C1CCC(SCC)C1. The monoisotopic (exact) mass is 271 g/mol. The average Bonchev–Trinajstić information content (AvgIpc) is 2.87. The number of rotatable bonds is 5. The number of aryl methyl sites for hydroxylation is 1. The number of nitrogens with zero attached hydrogens (tertiary/aromatic N) is 2. The van der Waals surface area contributed by atoms with Gasteiger partial charge in [-0.25, -0.2) is 0 Å². The van der Waals surface area contributed by atoms with E-state index >= 15 is 0 Å². The van der Waals surface area contributed by atoms with Crippen LogP contribution in [0.1, 0.15) is 51.4 Å². The number of nitrogens with one attached hydrogen (secondary N) is 1. The summed E-state index contributed by atoms with van der Waals surface area (Å²) in [7, 11) is 0. The van der Waals surface area contributed by atoms with Gasteiger partial charge < -0.3 is 4.57 Å². The maximum absolute atomic E-state index is 5.37. The third kappa shape index (κ3) is 2.94. The van der Waals surface area contributed by atoms with Crippen molar-refractivity contribution in [3.8, 4) is 0 Å². The summed E-state index contributed by atoms with van der Waals surface area (Å²) >= 11 is 7.45. The molecule has 5 heteroatoms. The molecule has 0 radical (unpaired) electrons. The van der Waals surface area contributed by atoms with Crippen LogP contribution in [0.5, 0.6) is 0 Å². The molecule has 3 nitrogen and oxygen atoms in total. The van der Waals surface area contributed by atoms with Crippen molar-refractivity contribution < 1.29 is 0 Å². The Hall–Kier alpha value is -0.290. The van der Waals surface area contributed by atoms with Crippen LogP contribution in [0.15, 0.2) is 0 Å². The van der Waals surface area contributed by atoms with Crippen molar-refractivity contribution >= 4 is 24.0 Å². The highest BCUT2D eigenvalue weighted by atomic mass is 32.2. The van der Waals surface area contributed by atoms with E-state index in [2.05, 4.69) is 40.4 Å². The molecule has 0 saturated heterocycles.